The second-order valence-corrected chi connectivity index (χ2v) is 3.02. The molecule has 66 valence electrons. The summed E-state index contributed by atoms with van der Waals surface area (Å²) < 4.78 is 4.78. The first-order valence-electron chi connectivity index (χ1n) is 4.35. The number of ether oxygens (including phenoxy) is 1. The van der Waals surface area contributed by atoms with Crippen LogP contribution in [0.1, 0.15) is 32.1 Å². The standard InChI is InChI=1S/C8H17NO2/c10-7-11-6-9-8-4-2-1-3-5-8/h8-10H,1-7H2. The highest BCUT2D eigenvalue weighted by Crippen LogP contribution is 2.16. The molecule has 3 nitrogen and oxygen atoms in total. The van der Waals surface area contributed by atoms with Crippen LogP contribution in [0.15, 0.2) is 0 Å². The van der Waals surface area contributed by atoms with Gasteiger partial charge in [0.2, 0.25) is 0 Å². The summed E-state index contributed by atoms with van der Waals surface area (Å²) in [5.41, 5.74) is 0. The molecule has 0 aromatic heterocycles. The van der Waals surface area contributed by atoms with Crippen molar-refractivity contribution in [3.05, 3.63) is 0 Å². The van der Waals surface area contributed by atoms with Gasteiger partial charge in [-0.1, -0.05) is 19.3 Å². The van der Waals surface area contributed by atoms with E-state index in [0.717, 1.165) is 0 Å². The highest BCUT2D eigenvalue weighted by Gasteiger charge is 2.11. The van der Waals surface area contributed by atoms with Crippen molar-refractivity contribution in [2.75, 3.05) is 13.5 Å². The van der Waals surface area contributed by atoms with Gasteiger partial charge in [0, 0.05) is 6.04 Å². The number of aliphatic hydroxyl groups is 1. The minimum atomic E-state index is -0.181. The van der Waals surface area contributed by atoms with Crippen molar-refractivity contribution in [3.63, 3.8) is 0 Å². The lowest BCUT2D eigenvalue weighted by Crippen LogP contribution is -2.32. The normalized spacial score (nSPS) is 20.5. The van der Waals surface area contributed by atoms with Gasteiger partial charge < -0.3 is 9.84 Å². The van der Waals surface area contributed by atoms with Crippen molar-refractivity contribution in [1.29, 1.82) is 0 Å². The van der Waals surface area contributed by atoms with E-state index in [4.69, 9.17) is 9.84 Å². The van der Waals surface area contributed by atoms with Crippen LogP contribution in [0.4, 0.5) is 0 Å². The number of nitrogens with one attached hydrogen (secondary N) is 1. The molecule has 0 atom stereocenters. The summed E-state index contributed by atoms with van der Waals surface area (Å²) in [7, 11) is 0. The van der Waals surface area contributed by atoms with Crippen molar-refractivity contribution in [2.24, 2.45) is 0 Å². The average molecular weight is 159 g/mol. The van der Waals surface area contributed by atoms with E-state index in [1.165, 1.54) is 32.1 Å². The van der Waals surface area contributed by atoms with Crippen molar-refractivity contribution < 1.29 is 9.84 Å². The van der Waals surface area contributed by atoms with Gasteiger partial charge in [-0.15, -0.1) is 0 Å². The summed E-state index contributed by atoms with van der Waals surface area (Å²) in [4.78, 5) is 0. The van der Waals surface area contributed by atoms with Crippen LogP contribution in [0.2, 0.25) is 0 Å². The zero-order valence-electron chi connectivity index (χ0n) is 6.88. The highest BCUT2D eigenvalue weighted by atomic mass is 16.6. The lowest BCUT2D eigenvalue weighted by molar-refractivity contribution is -0.0145. The molecule has 0 heterocycles. The monoisotopic (exact) mass is 159 g/mol. The van der Waals surface area contributed by atoms with E-state index >= 15 is 0 Å². The van der Waals surface area contributed by atoms with Crippen molar-refractivity contribution >= 4 is 0 Å². The molecule has 0 aromatic rings. The maximum atomic E-state index is 8.33. The fourth-order valence-electron chi connectivity index (χ4n) is 1.53. The first-order valence-corrected chi connectivity index (χ1v) is 4.35. The Bertz CT molecular complexity index is 92.1. The molecule has 1 aliphatic rings. The van der Waals surface area contributed by atoms with Crippen molar-refractivity contribution in [2.45, 2.75) is 38.1 Å². The van der Waals surface area contributed by atoms with Gasteiger partial charge in [0.25, 0.3) is 0 Å². The van der Waals surface area contributed by atoms with Crippen molar-refractivity contribution in [1.82, 2.24) is 5.32 Å². The minimum Gasteiger partial charge on any atom is -0.371 e. The number of hydrogen-bond acceptors (Lipinski definition) is 3. The Labute approximate surface area is 67.7 Å². The maximum absolute atomic E-state index is 8.33. The van der Waals surface area contributed by atoms with E-state index in [1.54, 1.807) is 0 Å². The van der Waals surface area contributed by atoms with E-state index in [2.05, 4.69) is 5.32 Å². The first kappa shape index (κ1) is 8.97. The van der Waals surface area contributed by atoms with Gasteiger partial charge in [0.1, 0.15) is 6.79 Å². The van der Waals surface area contributed by atoms with Gasteiger partial charge in [0.15, 0.2) is 0 Å². The third-order valence-corrected chi connectivity index (χ3v) is 2.17. The van der Waals surface area contributed by atoms with E-state index in [-0.39, 0.29) is 6.79 Å². The van der Waals surface area contributed by atoms with E-state index in [9.17, 15) is 0 Å². The van der Waals surface area contributed by atoms with Crippen LogP contribution in [-0.4, -0.2) is 24.7 Å². The smallest absolute Gasteiger partial charge is 0.145 e. The molecular weight excluding hydrogens is 142 g/mol. The molecule has 3 heteroatoms. The zero-order chi connectivity index (χ0) is 7.94. The zero-order valence-corrected chi connectivity index (χ0v) is 6.88. The van der Waals surface area contributed by atoms with Gasteiger partial charge in [-0.25, -0.2) is 0 Å². The number of rotatable bonds is 4. The molecule has 2 N–H and O–H groups in total. The molecule has 0 aliphatic heterocycles. The average Bonchev–Trinajstić information content (AvgIpc) is 2.07. The third-order valence-electron chi connectivity index (χ3n) is 2.17. The summed E-state index contributed by atoms with van der Waals surface area (Å²) >= 11 is 0. The topological polar surface area (TPSA) is 41.5 Å². The Hall–Kier alpha value is -0.120. The van der Waals surface area contributed by atoms with Crippen LogP contribution >= 0.6 is 0 Å². The molecule has 0 amide bonds. The molecule has 0 unspecified atom stereocenters. The second-order valence-electron chi connectivity index (χ2n) is 3.02. The molecule has 0 bridgehead atoms. The van der Waals surface area contributed by atoms with Gasteiger partial charge in [-0.3, -0.25) is 5.32 Å². The van der Waals surface area contributed by atoms with Gasteiger partial charge in [-0.2, -0.15) is 0 Å². The fraction of sp³-hybridized carbons (Fsp3) is 1.00. The number of hydrogen-bond donors (Lipinski definition) is 2. The second kappa shape index (κ2) is 5.52. The Morgan fingerprint density at radius 2 is 2.00 bits per heavy atom. The quantitative estimate of drug-likeness (QED) is 0.471. The van der Waals surface area contributed by atoms with Crippen LogP contribution in [0.25, 0.3) is 0 Å². The van der Waals surface area contributed by atoms with Crippen LogP contribution in [0.3, 0.4) is 0 Å². The SMILES string of the molecule is OCOCNC1CCCCC1. The van der Waals surface area contributed by atoms with Gasteiger partial charge in [0.05, 0.1) is 6.73 Å². The largest absolute Gasteiger partial charge is 0.371 e. The van der Waals surface area contributed by atoms with E-state index < -0.39 is 0 Å². The molecule has 11 heavy (non-hydrogen) atoms. The predicted octanol–water partition coefficient (Wildman–Crippen LogP) is 0.833. The van der Waals surface area contributed by atoms with Gasteiger partial charge >= 0.3 is 0 Å². The summed E-state index contributed by atoms with van der Waals surface area (Å²) in [6.45, 7) is 0.306. The minimum absolute atomic E-state index is 0.181. The van der Waals surface area contributed by atoms with E-state index in [1.807, 2.05) is 0 Å². The Morgan fingerprint density at radius 3 is 2.64 bits per heavy atom. The molecule has 0 saturated heterocycles. The molecule has 1 saturated carbocycles. The third kappa shape index (κ3) is 3.70. The lowest BCUT2D eigenvalue weighted by Gasteiger charge is -2.22. The van der Waals surface area contributed by atoms with Crippen LogP contribution in [-0.2, 0) is 4.74 Å². The molecule has 1 aliphatic carbocycles. The molecule has 0 aromatic carbocycles. The highest BCUT2D eigenvalue weighted by molar-refractivity contribution is 4.69. The summed E-state index contributed by atoms with van der Waals surface area (Å²) in [5, 5.41) is 11.6. The lowest BCUT2D eigenvalue weighted by atomic mass is 9.96. The Balaban J connectivity index is 1.96. The van der Waals surface area contributed by atoms with Crippen molar-refractivity contribution in [3.8, 4) is 0 Å². The molecule has 0 radical (unpaired) electrons. The molecule has 1 rings (SSSR count). The molecule has 0 spiro atoms. The van der Waals surface area contributed by atoms with E-state index in [0.29, 0.717) is 12.8 Å². The summed E-state index contributed by atoms with van der Waals surface area (Å²) in [6, 6.07) is 0.621. The maximum Gasteiger partial charge on any atom is 0.145 e. The fourth-order valence-corrected chi connectivity index (χ4v) is 1.53. The summed E-state index contributed by atoms with van der Waals surface area (Å²) in [5.74, 6) is 0. The first-order chi connectivity index (χ1) is 5.43. The van der Waals surface area contributed by atoms with Crippen LogP contribution in [0, 0.1) is 0 Å². The summed E-state index contributed by atoms with van der Waals surface area (Å²) in [6.07, 6.45) is 6.55. The number of aliphatic hydroxyl groups excluding tert-OH is 1. The predicted molar refractivity (Wildman–Crippen MR) is 43.0 cm³/mol. The molecule has 1 fully saturated rings. The van der Waals surface area contributed by atoms with Crippen LogP contribution < -0.4 is 5.32 Å². The Morgan fingerprint density at radius 1 is 1.27 bits per heavy atom. The molecular formula is C8H17NO2. The van der Waals surface area contributed by atoms with Gasteiger partial charge in [-0.05, 0) is 12.8 Å². The van der Waals surface area contributed by atoms with Crippen LogP contribution in [0.5, 0.6) is 0 Å². The Kier molecular flexibility index (Phi) is 4.50.